The van der Waals surface area contributed by atoms with Crippen molar-refractivity contribution in [2.45, 2.75) is 27.3 Å². The van der Waals surface area contributed by atoms with Crippen molar-refractivity contribution in [3.05, 3.63) is 53.2 Å². The number of hydrogen-bond acceptors (Lipinski definition) is 5. The average molecular weight is 388 g/mol. The number of aliphatic imine (C=N–C) groups is 1. The smallest absolute Gasteiger partial charge is 0.229 e. The normalized spacial score (nSPS) is 13.4. The van der Waals surface area contributed by atoms with Crippen molar-refractivity contribution in [2.75, 3.05) is 16.4 Å². The first-order valence-electron chi connectivity index (χ1n) is 9.45. The van der Waals surface area contributed by atoms with Gasteiger partial charge in [0.1, 0.15) is 5.84 Å². The largest absolute Gasteiger partial charge is 0.398 e. The van der Waals surface area contributed by atoms with Crippen LogP contribution >= 0.6 is 0 Å². The van der Waals surface area contributed by atoms with E-state index in [1.54, 1.807) is 6.07 Å². The minimum absolute atomic E-state index is 0.0620. The first kappa shape index (κ1) is 18.7. The molecule has 0 saturated carbocycles. The van der Waals surface area contributed by atoms with Gasteiger partial charge in [-0.15, -0.1) is 0 Å². The van der Waals surface area contributed by atoms with Crippen LogP contribution in [0.25, 0.3) is 10.9 Å². The van der Waals surface area contributed by atoms with Gasteiger partial charge in [0, 0.05) is 39.3 Å². The van der Waals surface area contributed by atoms with Gasteiger partial charge in [-0.25, -0.2) is 0 Å². The molecule has 7 nitrogen and oxygen atoms in total. The number of nitrogens with two attached hydrogens (primary N) is 1. The van der Waals surface area contributed by atoms with Gasteiger partial charge in [0.2, 0.25) is 5.91 Å². The molecule has 0 saturated heterocycles. The fourth-order valence-corrected chi connectivity index (χ4v) is 3.37. The van der Waals surface area contributed by atoms with Gasteiger partial charge in [-0.2, -0.15) is 0 Å². The Morgan fingerprint density at radius 1 is 1.24 bits per heavy atom. The Hall–Kier alpha value is -3.61. The topological polar surface area (TPSA) is 119 Å². The number of rotatable bonds is 3. The van der Waals surface area contributed by atoms with Crippen molar-refractivity contribution in [3.8, 4) is 0 Å². The summed E-state index contributed by atoms with van der Waals surface area (Å²) in [4.78, 5) is 20.5. The number of aromatic amines is 1. The number of carbonyl (C=O) groups excluding carboxylic acids is 1. The average Bonchev–Trinajstić information content (AvgIpc) is 3.05. The SMILES string of the molecule is CC(C)(C)C(=O)Nc1ccccc1C1=NCc2[nH]c3ccc(N)c(C=N)c3c2N1. The molecule has 2 heterocycles. The molecular formula is C22H24N6O. The lowest BCUT2D eigenvalue weighted by Gasteiger charge is -2.22. The van der Waals surface area contributed by atoms with Crippen molar-refractivity contribution >= 4 is 45.9 Å². The van der Waals surface area contributed by atoms with Gasteiger partial charge in [0.15, 0.2) is 0 Å². The predicted octanol–water partition coefficient (Wildman–Crippen LogP) is 4.10. The van der Waals surface area contributed by atoms with E-state index < -0.39 is 5.41 Å². The monoisotopic (exact) mass is 388 g/mol. The first-order valence-corrected chi connectivity index (χ1v) is 9.45. The lowest BCUT2D eigenvalue weighted by Crippen LogP contribution is -2.29. The third kappa shape index (κ3) is 3.24. The fourth-order valence-electron chi connectivity index (χ4n) is 3.37. The lowest BCUT2D eigenvalue weighted by atomic mass is 9.95. The van der Waals surface area contributed by atoms with Crippen LogP contribution in [0, 0.1) is 10.8 Å². The standard InChI is InChI=1S/C22H24N6O/c1-22(2,3)21(29)27-15-7-5-4-6-12(15)20-25-11-17-19(28-20)18-13(10-23)14(24)8-9-16(18)26-17/h4-10,23,26H,11,24H2,1-3H3,(H,25,28)(H,27,29). The summed E-state index contributed by atoms with van der Waals surface area (Å²) in [6.07, 6.45) is 1.27. The van der Waals surface area contributed by atoms with E-state index in [1.807, 2.05) is 51.1 Å². The van der Waals surface area contributed by atoms with Crippen LogP contribution in [-0.4, -0.2) is 22.9 Å². The molecule has 6 N–H and O–H groups in total. The van der Waals surface area contributed by atoms with Crippen molar-refractivity contribution < 1.29 is 4.79 Å². The summed E-state index contributed by atoms with van der Waals surface area (Å²) in [5.41, 5.74) is 11.0. The van der Waals surface area contributed by atoms with Gasteiger partial charge in [0.05, 0.1) is 23.6 Å². The van der Waals surface area contributed by atoms with Crippen molar-refractivity contribution in [1.29, 1.82) is 5.41 Å². The molecule has 3 aromatic rings. The Morgan fingerprint density at radius 2 is 2.00 bits per heavy atom. The maximum atomic E-state index is 12.5. The van der Waals surface area contributed by atoms with Crippen LogP contribution in [0.1, 0.15) is 37.6 Å². The summed E-state index contributed by atoms with van der Waals surface area (Å²) in [7, 11) is 0. The molecule has 0 radical (unpaired) electrons. The van der Waals surface area contributed by atoms with Crippen LogP contribution in [0.2, 0.25) is 0 Å². The van der Waals surface area contributed by atoms with Crippen LogP contribution in [0.4, 0.5) is 17.1 Å². The maximum absolute atomic E-state index is 12.5. The third-order valence-corrected chi connectivity index (χ3v) is 5.01. The van der Waals surface area contributed by atoms with Crippen molar-refractivity contribution in [2.24, 2.45) is 10.4 Å². The summed E-state index contributed by atoms with van der Waals surface area (Å²) >= 11 is 0. The lowest BCUT2D eigenvalue weighted by molar-refractivity contribution is -0.123. The molecule has 1 amide bonds. The Labute approximate surface area is 168 Å². The number of aromatic nitrogens is 1. The molecule has 1 aliphatic rings. The Bertz CT molecular complexity index is 1170. The molecule has 1 aliphatic heterocycles. The van der Waals surface area contributed by atoms with Crippen molar-refractivity contribution in [1.82, 2.24) is 4.98 Å². The number of nitrogens with zero attached hydrogens (tertiary/aromatic N) is 1. The van der Waals surface area contributed by atoms with E-state index >= 15 is 0 Å². The van der Waals surface area contributed by atoms with Gasteiger partial charge in [-0.3, -0.25) is 9.79 Å². The summed E-state index contributed by atoms with van der Waals surface area (Å²) in [5, 5.41) is 15.1. The minimum atomic E-state index is -0.505. The minimum Gasteiger partial charge on any atom is -0.398 e. The highest BCUT2D eigenvalue weighted by molar-refractivity contribution is 6.19. The zero-order valence-corrected chi connectivity index (χ0v) is 16.7. The summed E-state index contributed by atoms with van der Waals surface area (Å²) in [6, 6.07) is 11.3. The van der Waals surface area contributed by atoms with Gasteiger partial charge < -0.3 is 26.8 Å². The molecule has 148 valence electrons. The number of carbonyl (C=O) groups is 1. The fraction of sp³-hybridized carbons (Fsp3) is 0.227. The van der Waals surface area contributed by atoms with Crippen LogP contribution in [0.5, 0.6) is 0 Å². The summed E-state index contributed by atoms with van der Waals surface area (Å²) < 4.78 is 0. The zero-order valence-electron chi connectivity index (χ0n) is 16.7. The third-order valence-electron chi connectivity index (χ3n) is 5.01. The number of amidine groups is 1. The number of hydrogen-bond donors (Lipinski definition) is 5. The number of anilines is 3. The number of nitrogen functional groups attached to an aromatic ring is 1. The van der Waals surface area contributed by atoms with E-state index in [0.29, 0.717) is 29.3 Å². The highest BCUT2D eigenvalue weighted by Gasteiger charge is 2.25. The number of nitrogens with one attached hydrogen (secondary N) is 4. The van der Waals surface area contributed by atoms with Crippen LogP contribution < -0.4 is 16.4 Å². The molecular weight excluding hydrogens is 364 g/mol. The number of amides is 1. The number of benzene rings is 2. The summed E-state index contributed by atoms with van der Waals surface area (Å²) in [6.45, 7) is 6.10. The second kappa shape index (κ2) is 6.77. The van der Waals surface area contributed by atoms with Gasteiger partial charge in [0.25, 0.3) is 0 Å². The van der Waals surface area contributed by atoms with Crippen molar-refractivity contribution in [3.63, 3.8) is 0 Å². The molecule has 7 heteroatoms. The zero-order chi connectivity index (χ0) is 20.8. The van der Waals surface area contributed by atoms with Gasteiger partial charge in [-0.1, -0.05) is 32.9 Å². The van der Waals surface area contributed by atoms with E-state index in [2.05, 4.69) is 20.6 Å². The highest BCUT2D eigenvalue weighted by Crippen LogP contribution is 2.36. The van der Waals surface area contributed by atoms with Gasteiger partial charge in [-0.05, 0) is 24.3 Å². The molecule has 29 heavy (non-hydrogen) atoms. The molecule has 0 bridgehead atoms. The molecule has 0 atom stereocenters. The molecule has 1 aromatic heterocycles. The maximum Gasteiger partial charge on any atom is 0.229 e. The van der Waals surface area contributed by atoms with Crippen LogP contribution in [-0.2, 0) is 11.3 Å². The molecule has 0 fully saturated rings. The second-order valence-corrected chi connectivity index (χ2v) is 8.15. The number of fused-ring (bicyclic) bond motifs is 3. The summed E-state index contributed by atoms with van der Waals surface area (Å²) in [5.74, 6) is 0.606. The molecule has 4 rings (SSSR count). The number of H-pyrrole nitrogens is 1. The van der Waals surface area contributed by atoms with E-state index in [0.717, 1.165) is 27.8 Å². The Kier molecular flexibility index (Phi) is 4.38. The number of para-hydroxylation sites is 1. The molecule has 0 spiro atoms. The Morgan fingerprint density at radius 3 is 2.72 bits per heavy atom. The quantitative estimate of drug-likeness (QED) is 0.343. The van der Waals surface area contributed by atoms with E-state index in [4.69, 9.17) is 11.1 Å². The molecule has 0 unspecified atom stereocenters. The second-order valence-electron chi connectivity index (χ2n) is 8.15. The van der Waals surface area contributed by atoms with Gasteiger partial charge >= 0.3 is 0 Å². The van der Waals surface area contributed by atoms with E-state index in [-0.39, 0.29) is 5.91 Å². The van der Waals surface area contributed by atoms with Crippen LogP contribution in [0.15, 0.2) is 41.4 Å². The van der Waals surface area contributed by atoms with E-state index in [1.165, 1.54) is 6.21 Å². The predicted molar refractivity (Wildman–Crippen MR) is 119 cm³/mol. The highest BCUT2D eigenvalue weighted by atomic mass is 16.2. The Balaban J connectivity index is 1.75. The van der Waals surface area contributed by atoms with Crippen LogP contribution in [0.3, 0.4) is 0 Å². The first-order chi connectivity index (χ1) is 13.8. The molecule has 2 aromatic carbocycles. The van der Waals surface area contributed by atoms with E-state index in [9.17, 15) is 4.79 Å². The molecule has 0 aliphatic carbocycles.